The van der Waals surface area contributed by atoms with Gasteiger partial charge in [-0.3, -0.25) is 9.36 Å². The summed E-state index contributed by atoms with van der Waals surface area (Å²) in [5, 5.41) is 0.454. The maximum Gasteiger partial charge on any atom is 0.432 e. The average Bonchev–Trinajstić information content (AvgIpc) is 2.52. The van der Waals surface area contributed by atoms with Crippen molar-refractivity contribution < 1.29 is 18.0 Å². The maximum atomic E-state index is 12.9. The fourth-order valence-corrected chi connectivity index (χ4v) is 2.07. The summed E-state index contributed by atoms with van der Waals surface area (Å²) in [6.45, 7) is 2.51. The minimum atomic E-state index is -4.53. The number of para-hydroxylation sites is 1. The first-order valence-corrected chi connectivity index (χ1v) is 5.02. The van der Waals surface area contributed by atoms with Crippen LogP contribution in [0.1, 0.15) is 23.0 Å². The third-order valence-electron chi connectivity index (χ3n) is 2.71. The Bertz CT molecular complexity index is 596. The number of carbonyl (C=O) groups excluding carboxylic acids is 1. The van der Waals surface area contributed by atoms with Gasteiger partial charge in [0.15, 0.2) is 0 Å². The molecule has 17 heavy (non-hydrogen) atoms. The van der Waals surface area contributed by atoms with Crippen molar-refractivity contribution in [1.82, 2.24) is 4.57 Å². The third kappa shape index (κ3) is 1.71. The lowest BCUT2D eigenvalue weighted by Gasteiger charge is -2.10. The Morgan fingerprint density at radius 3 is 2.35 bits per heavy atom. The van der Waals surface area contributed by atoms with E-state index in [2.05, 4.69) is 0 Å². The summed E-state index contributed by atoms with van der Waals surface area (Å²) in [5.74, 6) is -0.637. The van der Waals surface area contributed by atoms with Crippen LogP contribution in [-0.4, -0.2) is 10.5 Å². The first kappa shape index (κ1) is 11.7. The number of carbonyl (C=O) groups is 1. The molecule has 1 aromatic carbocycles. The molecule has 0 fully saturated rings. The Kier molecular flexibility index (Phi) is 2.49. The lowest BCUT2D eigenvalue weighted by atomic mass is 10.1. The molecule has 5 heteroatoms. The zero-order valence-corrected chi connectivity index (χ0v) is 9.30. The van der Waals surface area contributed by atoms with Crippen LogP contribution >= 0.6 is 0 Å². The number of halogens is 3. The van der Waals surface area contributed by atoms with Crippen molar-refractivity contribution in [2.45, 2.75) is 20.0 Å². The van der Waals surface area contributed by atoms with Crippen LogP contribution in [0.3, 0.4) is 0 Å². The predicted octanol–water partition coefficient (Wildman–Crippen LogP) is 3.63. The van der Waals surface area contributed by atoms with Gasteiger partial charge in [-0.1, -0.05) is 18.2 Å². The van der Waals surface area contributed by atoms with Crippen LogP contribution < -0.4 is 0 Å². The van der Waals surface area contributed by atoms with E-state index in [1.54, 1.807) is 18.2 Å². The minimum Gasteiger partial charge on any atom is -0.275 e. The third-order valence-corrected chi connectivity index (χ3v) is 2.71. The van der Waals surface area contributed by atoms with Crippen LogP contribution in [0.15, 0.2) is 24.3 Å². The fourth-order valence-electron chi connectivity index (χ4n) is 2.07. The number of hydrogen-bond donors (Lipinski definition) is 0. The second kappa shape index (κ2) is 3.61. The molecule has 0 radical (unpaired) electrons. The number of fused-ring (bicyclic) bond motifs is 1. The standard InChI is InChI=1S/C12H10F3NO/c1-7-9-5-3-4-6-10(9)16(8(2)17)11(7)12(13,14)15/h3-6H,1-2H3. The summed E-state index contributed by atoms with van der Waals surface area (Å²) in [5.41, 5.74) is -0.501. The Morgan fingerprint density at radius 2 is 1.82 bits per heavy atom. The molecular formula is C12H10F3NO. The highest BCUT2D eigenvalue weighted by Crippen LogP contribution is 2.37. The predicted molar refractivity (Wildman–Crippen MR) is 58.0 cm³/mol. The van der Waals surface area contributed by atoms with Gasteiger partial charge in [-0.25, -0.2) is 0 Å². The van der Waals surface area contributed by atoms with Crippen LogP contribution in [0.4, 0.5) is 13.2 Å². The van der Waals surface area contributed by atoms with Crippen molar-refractivity contribution in [3.05, 3.63) is 35.5 Å². The van der Waals surface area contributed by atoms with Gasteiger partial charge in [0.25, 0.3) is 0 Å². The SMILES string of the molecule is CC(=O)n1c(C(F)(F)F)c(C)c2ccccc21. The summed E-state index contributed by atoms with van der Waals surface area (Å²) in [4.78, 5) is 11.4. The highest BCUT2D eigenvalue weighted by Gasteiger charge is 2.38. The number of aryl methyl sites for hydroxylation is 1. The zero-order valence-electron chi connectivity index (χ0n) is 9.30. The quantitative estimate of drug-likeness (QED) is 0.690. The van der Waals surface area contributed by atoms with Gasteiger partial charge >= 0.3 is 6.18 Å². The molecule has 0 saturated heterocycles. The summed E-state index contributed by atoms with van der Waals surface area (Å²) in [6.07, 6.45) is -4.53. The van der Waals surface area contributed by atoms with E-state index < -0.39 is 17.8 Å². The summed E-state index contributed by atoms with van der Waals surface area (Å²) in [7, 11) is 0. The molecule has 2 rings (SSSR count). The van der Waals surface area contributed by atoms with Crippen molar-refractivity contribution in [3.63, 3.8) is 0 Å². The normalized spacial score (nSPS) is 12.1. The van der Waals surface area contributed by atoms with Gasteiger partial charge in [0.2, 0.25) is 5.91 Å². The van der Waals surface area contributed by atoms with Crippen molar-refractivity contribution in [2.75, 3.05) is 0 Å². The van der Waals surface area contributed by atoms with Crippen LogP contribution in [0.2, 0.25) is 0 Å². The van der Waals surface area contributed by atoms with E-state index in [1.807, 2.05) is 0 Å². The molecule has 2 aromatic rings. The Balaban J connectivity index is 2.96. The molecular weight excluding hydrogens is 231 g/mol. The lowest BCUT2D eigenvalue weighted by Crippen LogP contribution is -2.18. The van der Waals surface area contributed by atoms with Crippen LogP contribution in [0.25, 0.3) is 10.9 Å². The molecule has 1 aromatic heterocycles. The largest absolute Gasteiger partial charge is 0.432 e. The Labute approximate surface area is 95.7 Å². The average molecular weight is 241 g/mol. The van der Waals surface area contributed by atoms with Gasteiger partial charge in [0.05, 0.1) is 5.52 Å². The summed E-state index contributed by atoms with van der Waals surface area (Å²) in [6, 6.07) is 6.36. The number of rotatable bonds is 0. The molecule has 0 spiro atoms. The van der Waals surface area contributed by atoms with Gasteiger partial charge in [0, 0.05) is 12.3 Å². The van der Waals surface area contributed by atoms with Crippen LogP contribution in [-0.2, 0) is 6.18 Å². The van der Waals surface area contributed by atoms with Crippen molar-refractivity contribution in [1.29, 1.82) is 0 Å². The lowest BCUT2D eigenvalue weighted by molar-refractivity contribution is -0.142. The van der Waals surface area contributed by atoms with Gasteiger partial charge in [-0.05, 0) is 18.6 Å². The van der Waals surface area contributed by atoms with E-state index >= 15 is 0 Å². The maximum absolute atomic E-state index is 12.9. The summed E-state index contributed by atoms with van der Waals surface area (Å²) >= 11 is 0. The van der Waals surface area contributed by atoms with Gasteiger partial charge < -0.3 is 0 Å². The van der Waals surface area contributed by atoms with Crippen molar-refractivity contribution in [2.24, 2.45) is 0 Å². The van der Waals surface area contributed by atoms with Gasteiger partial charge in [-0.2, -0.15) is 13.2 Å². The molecule has 0 saturated carbocycles. The zero-order chi connectivity index (χ0) is 12.8. The van der Waals surface area contributed by atoms with E-state index in [9.17, 15) is 18.0 Å². The number of aromatic nitrogens is 1. The molecule has 0 aliphatic carbocycles. The summed E-state index contributed by atoms with van der Waals surface area (Å²) < 4.78 is 39.5. The molecule has 0 bridgehead atoms. The highest BCUT2D eigenvalue weighted by atomic mass is 19.4. The molecule has 0 aliphatic rings. The molecule has 0 aliphatic heterocycles. The highest BCUT2D eigenvalue weighted by molar-refractivity contribution is 5.95. The van der Waals surface area contributed by atoms with E-state index in [-0.39, 0.29) is 5.56 Å². The van der Waals surface area contributed by atoms with E-state index in [0.29, 0.717) is 10.9 Å². The van der Waals surface area contributed by atoms with Gasteiger partial charge in [0.1, 0.15) is 5.69 Å². The molecule has 90 valence electrons. The fraction of sp³-hybridized carbons (Fsp3) is 0.250. The topological polar surface area (TPSA) is 22.0 Å². The molecule has 1 heterocycles. The second-order valence-electron chi connectivity index (χ2n) is 3.84. The molecule has 2 nitrogen and oxygen atoms in total. The molecule has 0 amide bonds. The van der Waals surface area contributed by atoms with E-state index in [4.69, 9.17) is 0 Å². The van der Waals surface area contributed by atoms with E-state index in [0.717, 1.165) is 11.5 Å². The molecule has 0 unspecified atom stereocenters. The Hall–Kier alpha value is -1.78. The number of hydrogen-bond acceptors (Lipinski definition) is 1. The first-order valence-electron chi connectivity index (χ1n) is 5.02. The number of benzene rings is 1. The van der Waals surface area contributed by atoms with Crippen LogP contribution in [0.5, 0.6) is 0 Å². The molecule has 0 N–H and O–H groups in total. The second-order valence-corrected chi connectivity index (χ2v) is 3.84. The first-order chi connectivity index (χ1) is 7.84. The van der Waals surface area contributed by atoms with Crippen molar-refractivity contribution >= 4 is 16.8 Å². The minimum absolute atomic E-state index is 0.0864. The monoisotopic (exact) mass is 241 g/mol. The molecule has 0 atom stereocenters. The van der Waals surface area contributed by atoms with Crippen LogP contribution in [0, 0.1) is 6.92 Å². The van der Waals surface area contributed by atoms with E-state index in [1.165, 1.54) is 13.0 Å². The number of alkyl halides is 3. The van der Waals surface area contributed by atoms with Gasteiger partial charge in [-0.15, -0.1) is 0 Å². The van der Waals surface area contributed by atoms with Crippen molar-refractivity contribution in [3.8, 4) is 0 Å². The Morgan fingerprint density at radius 1 is 1.24 bits per heavy atom. The number of nitrogens with zero attached hydrogens (tertiary/aromatic N) is 1. The smallest absolute Gasteiger partial charge is 0.275 e.